The Bertz CT molecular complexity index is 460. The number of carbonyl (C=O) groups is 1. The fraction of sp³-hybridized carbons (Fsp3) is 0.533. The van der Waals surface area contributed by atoms with Crippen LogP contribution in [0.4, 0.5) is 14.9 Å². The average Bonchev–Trinajstić information content (AvgIpc) is 2.35. The lowest BCUT2D eigenvalue weighted by molar-refractivity contribution is 0.0527. The number of amides is 1. The van der Waals surface area contributed by atoms with Gasteiger partial charge in [0, 0.05) is 24.8 Å². The molecule has 0 bridgehead atoms. The monoisotopic (exact) mass is 297 g/mol. The molecule has 1 rings (SSSR count). The SMILES string of the molecule is CC(C)(C)OC(=O)NCCC(CN)Nc1cccc(F)c1. The van der Waals surface area contributed by atoms with Crippen LogP contribution in [0, 0.1) is 5.82 Å². The Morgan fingerprint density at radius 3 is 2.71 bits per heavy atom. The number of halogens is 1. The van der Waals surface area contributed by atoms with Crippen molar-refractivity contribution < 1.29 is 13.9 Å². The van der Waals surface area contributed by atoms with Crippen molar-refractivity contribution in [1.29, 1.82) is 0 Å². The van der Waals surface area contributed by atoms with Crippen molar-refractivity contribution in [3.63, 3.8) is 0 Å². The van der Waals surface area contributed by atoms with Crippen molar-refractivity contribution in [1.82, 2.24) is 5.32 Å². The van der Waals surface area contributed by atoms with Gasteiger partial charge in [-0.15, -0.1) is 0 Å². The van der Waals surface area contributed by atoms with E-state index in [2.05, 4.69) is 10.6 Å². The Morgan fingerprint density at radius 1 is 1.43 bits per heavy atom. The molecule has 1 amide bonds. The minimum Gasteiger partial charge on any atom is -0.444 e. The minimum atomic E-state index is -0.517. The molecule has 0 saturated heterocycles. The van der Waals surface area contributed by atoms with Crippen LogP contribution in [-0.2, 0) is 4.74 Å². The average molecular weight is 297 g/mol. The molecule has 1 aromatic rings. The molecule has 1 atom stereocenters. The lowest BCUT2D eigenvalue weighted by Crippen LogP contribution is -2.37. The van der Waals surface area contributed by atoms with E-state index in [0.29, 0.717) is 25.2 Å². The summed E-state index contributed by atoms with van der Waals surface area (Å²) in [5.74, 6) is -0.303. The van der Waals surface area contributed by atoms with E-state index in [1.165, 1.54) is 12.1 Å². The molecule has 1 unspecified atom stereocenters. The van der Waals surface area contributed by atoms with Gasteiger partial charge in [0.2, 0.25) is 0 Å². The highest BCUT2D eigenvalue weighted by Gasteiger charge is 2.16. The van der Waals surface area contributed by atoms with Crippen molar-refractivity contribution >= 4 is 11.8 Å². The molecule has 0 aliphatic heterocycles. The number of benzene rings is 1. The lowest BCUT2D eigenvalue weighted by atomic mass is 10.2. The van der Waals surface area contributed by atoms with Crippen LogP contribution in [0.3, 0.4) is 0 Å². The maximum Gasteiger partial charge on any atom is 0.407 e. The van der Waals surface area contributed by atoms with Gasteiger partial charge in [-0.2, -0.15) is 0 Å². The third-order valence-corrected chi connectivity index (χ3v) is 2.64. The van der Waals surface area contributed by atoms with Crippen molar-refractivity contribution in [2.45, 2.75) is 38.8 Å². The van der Waals surface area contributed by atoms with Crippen molar-refractivity contribution in [2.75, 3.05) is 18.4 Å². The first-order chi connectivity index (χ1) is 9.80. The summed E-state index contributed by atoms with van der Waals surface area (Å²) in [4.78, 5) is 11.5. The lowest BCUT2D eigenvalue weighted by Gasteiger charge is -2.21. The Labute approximate surface area is 125 Å². The number of nitrogens with two attached hydrogens (primary N) is 1. The standard InChI is InChI=1S/C15H24FN3O2/c1-15(2,3)21-14(20)18-8-7-13(10-17)19-12-6-4-5-11(16)9-12/h4-6,9,13,19H,7-8,10,17H2,1-3H3,(H,18,20). The smallest absolute Gasteiger partial charge is 0.407 e. The zero-order valence-corrected chi connectivity index (χ0v) is 12.8. The third kappa shape index (κ3) is 7.51. The Kier molecular flexibility index (Phi) is 6.42. The predicted octanol–water partition coefficient (Wildman–Crippen LogP) is 2.48. The van der Waals surface area contributed by atoms with E-state index in [-0.39, 0.29) is 11.9 Å². The summed E-state index contributed by atoms with van der Waals surface area (Å²) in [5.41, 5.74) is 5.83. The normalized spacial score (nSPS) is 12.6. The molecule has 0 aromatic heterocycles. The maximum absolute atomic E-state index is 13.1. The number of carbonyl (C=O) groups excluding carboxylic acids is 1. The molecule has 21 heavy (non-hydrogen) atoms. The molecule has 0 heterocycles. The van der Waals surface area contributed by atoms with Crippen LogP contribution in [-0.4, -0.2) is 30.8 Å². The van der Waals surface area contributed by atoms with Gasteiger partial charge in [-0.3, -0.25) is 0 Å². The maximum atomic E-state index is 13.1. The van der Waals surface area contributed by atoms with Gasteiger partial charge >= 0.3 is 6.09 Å². The quantitative estimate of drug-likeness (QED) is 0.754. The van der Waals surface area contributed by atoms with Crippen LogP contribution in [0.5, 0.6) is 0 Å². The van der Waals surface area contributed by atoms with Gasteiger partial charge in [-0.1, -0.05) is 6.07 Å². The highest BCUT2D eigenvalue weighted by Crippen LogP contribution is 2.11. The van der Waals surface area contributed by atoms with Crippen LogP contribution in [0.1, 0.15) is 27.2 Å². The molecule has 0 aliphatic carbocycles. The summed E-state index contributed by atoms with van der Waals surface area (Å²) < 4.78 is 18.2. The molecule has 0 saturated carbocycles. The molecule has 0 radical (unpaired) electrons. The van der Waals surface area contributed by atoms with E-state index in [4.69, 9.17) is 10.5 Å². The van der Waals surface area contributed by atoms with Crippen LogP contribution in [0.15, 0.2) is 24.3 Å². The van der Waals surface area contributed by atoms with E-state index in [0.717, 1.165) is 0 Å². The highest BCUT2D eigenvalue weighted by atomic mass is 19.1. The van der Waals surface area contributed by atoms with Crippen LogP contribution in [0.25, 0.3) is 0 Å². The van der Waals surface area contributed by atoms with Crippen molar-refractivity contribution in [3.8, 4) is 0 Å². The van der Waals surface area contributed by atoms with Crippen molar-refractivity contribution in [3.05, 3.63) is 30.1 Å². The molecule has 0 aliphatic rings. The second-order valence-electron chi connectivity index (χ2n) is 5.80. The van der Waals surface area contributed by atoms with Gasteiger partial charge in [0.1, 0.15) is 11.4 Å². The number of nitrogens with one attached hydrogen (secondary N) is 2. The highest BCUT2D eigenvalue weighted by molar-refractivity contribution is 5.67. The zero-order chi connectivity index (χ0) is 15.9. The van der Waals surface area contributed by atoms with E-state index in [1.54, 1.807) is 32.9 Å². The largest absolute Gasteiger partial charge is 0.444 e. The Hall–Kier alpha value is -1.82. The van der Waals surface area contributed by atoms with E-state index in [1.807, 2.05) is 0 Å². The first-order valence-corrected chi connectivity index (χ1v) is 6.99. The van der Waals surface area contributed by atoms with E-state index >= 15 is 0 Å². The summed E-state index contributed by atoms with van der Waals surface area (Å²) in [6, 6.07) is 6.13. The van der Waals surface area contributed by atoms with E-state index in [9.17, 15) is 9.18 Å². The number of hydrogen-bond donors (Lipinski definition) is 3. The topological polar surface area (TPSA) is 76.4 Å². The van der Waals surface area contributed by atoms with Gasteiger partial charge < -0.3 is 21.1 Å². The summed E-state index contributed by atoms with van der Waals surface area (Å²) in [6.45, 7) is 6.23. The van der Waals surface area contributed by atoms with Crippen LogP contribution < -0.4 is 16.4 Å². The molecule has 5 nitrogen and oxygen atoms in total. The second-order valence-corrected chi connectivity index (χ2v) is 5.80. The summed E-state index contributed by atoms with van der Waals surface area (Å²) in [7, 11) is 0. The van der Waals surface area contributed by atoms with Crippen LogP contribution >= 0.6 is 0 Å². The zero-order valence-electron chi connectivity index (χ0n) is 12.8. The number of hydrogen-bond acceptors (Lipinski definition) is 4. The molecular weight excluding hydrogens is 273 g/mol. The van der Waals surface area contributed by atoms with Gasteiger partial charge in [0.25, 0.3) is 0 Å². The first-order valence-electron chi connectivity index (χ1n) is 6.99. The van der Waals surface area contributed by atoms with Gasteiger partial charge in [0.15, 0.2) is 0 Å². The summed E-state index contributed by atoms with van der Waals surface area (Å²) in [6.07, 6.45) is 0.163. The molecule has 4 N–H and O–H groups in total. The number of rotatable bonds is 6. The first kappa shape index (κ1) is 17.2. The molecule has 1 aromatic carbocycles. The van der Waals surface area contributed by atoms with Gasteiger partial charge in [-0.05, 0) is 45.4 Å². The second kappa shape index (κ2) is 7.83. The fourth-order valence-corrected chi connectivity index (χ4v) is 1.73. The van der Waals surface area contributed by atoms with Crippen LogP contribution in [0.2, 0.25) is 0 Å². The summed E-state index contributed by atoms with van der Waals surface area (Å²) in [5, 5.41) is 5.80. The molecular formula is C15H24FN3O2. The van der Waals surface area contributed by atoms with Gasteiger partial charge in [-0.25, -0.2) is 9.18 Å². The Balaban J connectivity index is 2.36. The Morgan fingerprint density at radius 2 is 2.14 bits per heavy atom. The van der Waals surface area contributed by atoms with E-state index < -0.39 is 11.7 Å². The van der Waals surface area contributed by atoms with Gasteiger partial charge in [0.05, 0.1) is 0 Å². The van der Waals surface area contributed by atoms with Crippen molar-refractivity contribution in [2.24, 2.45) is 5.73 Å². The summed E-state index contributed by atoms with van der Waals surface area (Å²) >= 11 is 0. The number of alkyl carbamates (subject to hydrolysis) is 1. The number of ether oxygens (including phenoxy) is 1. The third-order valence-electron chi connectivity index (χ3n) is 2.64. The minimum absolute atomic E-state index is 0.0539. The number of anilines is 1. The molecule has 118 valence electrons. The molecule has 0 spiro atoms. The molecule has 0 fully saturated rings. The molecule has 6 heteroatoms. The predicted molar refractivity (Wildman–Crippen MR) is 81.7 cm³/mol. The fourth-order valence-electron chi connectivity index (χ4n) is 1.73.